The Balaban J connectivity index is 2.81. The van der Waals surface area contributed by atoms with Crippen LogP contribution >= 0.6 is 0 Å². The van der Waals surface area contributed by atoms with Crippen molar-refractivity contribution in [1.82, 2.24) is 14.5 Å². The fourth-order valence-corrected chi connectivity index (χ4v) is 1.26. The molecule has 0 aliphatic rings. The number of hydrogen-bond donors (Lipinski definition) is 1. The maximum Gasteiger partial charge on any atom is 0.296 e. The number of rotatable bonds is 1. The summed E-state index contributed by atoms with van der Waals surface area (Å²) >= 11 is 0. The molecule has 4 nitrogen and oxygen atoms in total. The van der Waals surface area contributed by atoms with E-state index in [9.17, 15) is 5.11 Å². The van der Waals surface area contributed by atoms with E-state index < -0.39 is 0 Å². The highest BCUT2D eigenvalue weighted by molar-refractivity contribution is 5.71. The van der Waals surface area contributed by atoms with Crippen LogP contribution < -0.4 is 0 Å². The number of aromatic nitrogens is 3. The smallest absolute Gasteiger partial charge is 0.296 e. The molecule has 0 saturated heterocycles. The minimum atomic E-state index is 0.0335. The van der Waals surface area contributed by atoms with Crippen molar-refractivity contribution >= 4 is 11.2 Å². The normalized spacial score (nSPS) is 10.8. The minimum Gasteiger partial charge on any atom is -0.480 e. The Morgan fingerprint density at radius 3 is 3.17 bits per heavy atom. The van der Waals surface area contributed by atoms with Crippen molar-refractivity contribution < 1.29 is 5.11 Å². The molecular formula is C8H9N3O. The van der Waals surface area contributed by atoms with Gasteiger partial charge in [0.25, 0.3) is 6.01 Å². The van der Waals surface area contributed by atoms with Gasteiger partial charge in [-0.1, -0.05) is 0 Å². The zero-order valence-corrected chi connectivity index (χ0v) is 6.73. The van der Waals surface area contributed by atoms with Crippen LogP contribution in [0.1, 0.15) is 6.92 Å². The van der Waals surface area contributed by atoms with Crippen molar-refractivity contribution in [2.24, 2.45) is 0 Å². The molecule has 0 spiro atoms. The summed E-state index contributed by atoms with van der Waals surface area (Å²) in [6.07, 6.45) is 1.66. The molecule has 0 unspecified atom stereocenters. The van der Waals surface area contributed by atoms with Crippen LogP contribution in [0.25, 0.3) is 11.2 Å². The third-order valence-electron chi connectivity index (χ3n) is 1.82. The van der Waals surface area contributed by atoms with Crippen molar-refractivity contribution in [2.45, 2.75) is 13.5 Å². The van der Waals surface area contributed by atoms with Crippen molar-refractivity contribution in [1.29, 1.82) is 0 Å². The van der Waals surface area contributed by atoms with Crippen molar-refractivity contribution in [2.75, 3.05) is 0 Å². The molecule has 2 rings (SSSR count). The average Bonchev–Trinajstić information content (AvgIpc) is 2.40. The van der Waals surface area contributed by atoms with Gasteiger partial charge in [0.15, 0.2) is 5.65 Å². The Morgan fingerprint density at radius 1 is 1.58 bits per heavy atom. The molecule has 0 aromatic carbocycles. The number of imidazole rings is 1. The van der Waals surface area contributed by atoms with Gasteiger partial charge in [-0.15, -0.1) is 0 Å². The number of fused-ring (bicyclic) bond motifs is 1. The molecule has 0 fully saturated rings. The van der Waals surface area contributed by atoms with E-state index in [1.807, 2.05) is 19.1 Å². The maximum absolute atomic E-state index is 9.35. The minimum absolute atomic E-state index is 0.0335. The number of aryl methyl sites for hydroxylation is 1. The number of nitrogens with zero attached hydrogens (tertiary/aromatic N) is 3. The Labute approximate surface area is 69.5 Å². The summed E-state index contributed by atoms with van der Waals surface area (Å²) in [7, 11) is 0. The van der Waals surface area contributed by atoms with Crippen LogP contribution in [0.3, 0.4) is 0 Å². The lowest BCUT2D eigenvalue weighted by Gasteiger charge is -1.97. The summed E-state index contributed by atoms with van der Waals surface area (Å²) in [5.41, 5.74) is 1.47. The summed E-state index contributed by atoms with van der Waals surface area (Å²) in [6.45, 7) is 2.65. The number of pyridine rings is 1. The summed E-state index contributed by atoms with van der Waals surface area (Å²) in [5, 5.41) is 9.35. The molecule has 12 heavy (non-hydrogen) atoms. The second-order valence-electron chi connectivity index (χ2n) is 2.50. The van der Waals surface area contributed by atoms with Gasteiger partial charge in [0, 0.05) is 12.7 Å². The van der Waals surface area contributed by atoms with E-state index in [1.165, 1.54) is 0 Å². The van der Waals surface area contributed by atoms with Gasteiger partial charge < -0.3 is 5.11 Å². The second kappa shape index (κ2) is 2.48. The molecule has 4 heteroatoms. The maximum atomic E-state index is 9.35. The Bertz CT molecular complexity index is 408. The molecule has 2 aromatic rings. The monoisotopic (exact) mass is 163 g/mol. The predicted molar refractivity (Wildman–Crippen MR) is 44.9 cm³/mol. The third kappa shape index (κ3) is 0.845. The van der Waals surface area contributed by atoms with Crippen LogP contribution in [0.15, 0.2) is 18.3 Å². The molecule has 0 saturated carbocycles. The fourth-order valence-electron chi connectivity index (χ4n) is 1.26. The predicted octanol–water partition coefficient (Wildman–Crippen LogP) is 1.16. The lowest BCUT2D eigenvalue weighted by molar-refractivity contribution is 0.406. The number of hydrogen-bond acceptors (Lipinski definition) is 3. The topological polar surface area (TPSA) is 50.9 Å². The molecule has 2 heterocycles. The quantitative estimate of drug-likeness (QED) is 0.686. The summed E-state index contributed by atoms with van der Waals surface area (Å²) < 4.78 is 1.71. The van der Waals surface area contributed by atoms with E-state index in [4.69, 9.17) is 0 Å². The average molecular weight is 163 g/mol. The van der Waals surface area contributed by atoms with Crippen LogP contribution in [0, 0.1) is 0 Å². The molecule has 62 valence electrons. The fraction of sp³-hybridized carbons (Fsp3) is 0.250. The van der Waals surface area contributed by atoms with Crippen molar-refractivity contribution in [3.05, 3.63) is 18.3 Å². The van der Waals surface area contributed by atoms with Crippen LogP contribution in [-0.2, 0) is 6.54 Å². The third-order valence-corrected chi connectivity index (χ3v) is 1.82. The second-order valence-corrected chi connectivity index (χ2v) is 2.50. The first-order chi connectivity index (χ1) is 5.83. The first-order valence-corrected chi connectivity index (χ1v) is 3.83. The zero-order valence-electron chi connectivity index (χ0n) is 6.73. The first-order valence-electron chi connectivity index (χ1n) is 3.83. The van der Waals surface area contributed by atoms with Gasteiger partial charge in [0.1, 0.15) is 0 Å². The molecule has 0 bridgehead atoms. The highest BCUT2D eigenvalue weighted by Crippen LogP contribution is 2.17. The highest BCUT2D eigenvalue weighted by Gasteiger charge is 2.06. The van der Waals surface area contributed by atoms with Gasteiger partial charge in [0.2, 0.25) is 0 Å². The van der Waals surface area contributed by atoms with E-state index in [0.29, 0.717) is 12.2 Å². The molecule has 1 N–H and O–H groups in total. The van der Waals surface area contributed by atoms with Crippen LogP contribution in [-0.4, -0.2) is 19.6 Å². The van der Waals surface area contributed by atoms with E-state index in [-0.39, 0.29) is 6.01 Å². The van der Waals surface area contributed by atoms with E-state index in [2.05, 4.69) is 9.97 Å². The van der Waals surface area contributed by atoms with E-state index >= 15 is 0 Å². The van der Waals surface area contributed by atoms with Crippen LogP contribution in [0.4, 0.5) is 0 Å². The molecule has 0 amide bonds. The summed E-state index contributed by atoms with van der Waals surface area (Å²) in [5.74, 6) is 0. The molecular weight excluding hydrogens is 154 g/mol. The summed E-state index contributed by atoms with van der Waals surface area (Å²) in [6, 6.07) is 3.75. The largest absolute Gasteiger partial charge is 0.480 e. The van der Waals surface area contributed by atoms with Gasteiger partial charge in [-0.25, -0.2) is 4.98 Å². The van der Waals surface area contributed by atoms with Gasteiger partial charge in [0.05, 0.1) is 5.52 Å². The molecule has 0 atom stereocenters. The van der Waals surface area contributed by atoms with Gasteiger partial charge in [-0.2, -0.15) is 4.98 Å². The van der Waals surface area contributed by atoms with Gasteiger partial charge >= 0.3 is 0 Å². The summed E-state index contributed by atoms with van der Waals surface area (Å²) in [4.78, 5) is 7.91. The van der Waals surface area contributed by atoms with Crippen molar-refractivity contribution in [3.63, 3.8) is 0 Å². The molecule has 0 radical (unpaired) electrons. The Kier molecular flexibility index (Phi) is 1.46. The molecule has 0 aliphatic heterocycles. The first kappa shape index (κ1) is 7.09. The van der Waals surface area contributed by atoms with E-state index in [1.54, 1.807) is 10.8 Å². The standard InChI is InChI=1S/C8H9N3O/c1-2-11-6-4-3-5-9-7(6)10-8(11)12/h3-5H,2H2,1H3,(H,9,10,12). The number of aromatic hydroxyl groups is 1. The lowest BCUT2D eigenvalue weighted by Crippen LogP contribution is -1.91. The van der Waals surface area contributed by atoms with Crippen LogP contribution in [0.5, 0.6) is 6.01 Å². The highest BCUT2D eigenvalue weighted by atomic mass is 16.3. The zero-order chi connectivity index (χ0) is 8.55. The lowest BCUT2D eigenvalue weighted by atomic mass is 10.4. The van der Waals surface area contributed by atoms with Crippen molar-refractivity contribution in [3.8, 4) is 6.01 Å². The Morgan fingerprint density at radius 2 is 2.42 bits per heavy atom. The Hall–Kier alpha value is -1.58. The van der Waals surface area contributed by atoms with Gasteiger partial charge in [-0.05, 0) is 19.1 Å². The van der Waals surface area contributed by atoms with Gasteiger partial charge in [-0.3, -0.25) is 4.57 Å². The van der Waals surface area contributed by atoms with Crippen LogP contribution in [0.2, 0.25) is 0 Å². The molecule has 2 aromatic heterocycles. The van der Waals surface area contributed by atoms with E-state index in [0.717, 1.165) is 5.52 Å². The SMILES string of the molecule is CCn1c(O)nc2ncccc21. The molecule has 0 aliphatic carbocycles.